The molecule has 1 saturated heterocycles. The lowest BCUT2D eigenvalue weighted by Gasteiger charge is -2.33. The number of likely N-dealkylation sites (tertiary alicyclic amines) is 1. The molecule has 1 fully saturated rings. The van der Waals surface area contributed by atoms with Crippen molar-refractivity contribution in [2.45, 2.75) is 31.4 Å². The van der Waals surface area contributed by atoms with Crippen LogP contribution in [0.1, 0.15) is 24.8 Å². The van der Waals surface area contributed by atoms with E-state index in [2.05, 4.69) is 6.58 Å². The Morgan fingerprint density at radius 3 is 2.71 bits per heavy atom. The molecule has 0 unspecified atom stereocenters. The van der Waals surface area contributed by atoms with Crippen LogP contribution in [0.15, 0.2) is 43.0 Å². The fraction of sp³-hybridized carbons (Fsp3) is 0.375. The van der Waals surface area contributed by atoms with Crippen molar-refractivity contribution in [1.82, 2.24) is 4.90 Å². The van der Waals surface area contributed by atoms with Crippen LogP contribution in [0, 0.1) is 0 Å². The molecule has 1 aliphatic rings. The van der Waals surface area contributed by atoms with E-state index in [0.717, 1.165) is 5.56 Å². The van der Waals surface area contributed by atoms with Gasteiger partial charge in [0.25, 0.3) is 0 Å². The minimum atomic E-state index is -1.21. The predicted molar refractivity (Wildman–Crippen MR) is 77.7 cm³/mol. The summed E-state index contributed by atoms with van der Waals surface area (Å²) in [6, 6.07) is 9.30. The van der Waals surface area contributed by atoms with Crippen LogP contribution in [0.25, 0.3) is 0 Å². The molecule has 0 bridgehead atoms. The average Bonchev–Trinajstić information content (AvgIpc) is 2.91. The number of aliphatic carboxylic acids is 1. The van der Waals surface area contributed by atoms with E-state index in [9.17, 15) is 14.7 Å². The van der Waals surface area contributed by atoms with Crippen LogP contribution in [0.4, 0.5) is 4.79 Å². The number of carboxylic acids is 1. The fourth-order valence-electron chi connectivity index (χ4n) is 2.70. The van der Waals surface area contributed by atoms with E-state index < -0.39 is 17.6 Å². The third kappa shape index (κ3) is 3.07. The first-order chi connectivity index (χ1) is 10.1. The molecule has 1 aliphatic heterocycles. The minimum Gasteiger partial charge on any atom is -0.479 e. The fourth-order valence-corrected chi connectivity index (χ4v) is 2.70. The molecule has 0 radical (unpaired) electrons. The summed E-state index contributed by atoms with van der Waals surface area (Å²) in [5.41, 5.74) is -0.343. The lowest BCUT2D eigenvalue weighted by Crippen LogP contribution is -2.52. The van der Waals surface area contributed by atoms with Gasteiger partial charge in [-0.15, -0.1) is 6.58 Å². The summed E-state index contributed by atoms with van der Waals surface area (Å²) in [6.07, 6.45) is 2.26. The molecular weight excluding hydrogens is 270 g/mol. The van der Waals surface area contributed by atoms with Gasteiger partial charge in [0, 0.05) is 6.54 Å². The van der Waals surface area contributed by atoms with Gasteiger partial charge in [-0.2, -0.15) is 0 Å². The Morgan fingerprint density at radius 2 is 2.10 bits per heavy atom. The number of ether oxygens (including phenoxy) is 1. The minimum absolute atomic E-state index is 0.139. The largest absolute Gasteiger partial charge is 0.479 e. The molecule has 1 atom stereocenters. The third-order valence-corrected chi connectivity index (χ3v) is 3.79. The first-order valence-corrected chi connectivity index (χ1v) is 6.93. The zero-order valence-electron chi connectivity index (χ0n) is 11.8. The highest BCUT2D eigenvalue weighted by atomic mass is 16.6. The number of carboxylic acid groups (broad SMARTS) is 1. The Kier molecular flexibility index (Phi) is 4.62. The van der Waals surface area contributed by atoms with Crippen LogP contribution in [0.3, 0.4) is 0 Å². The lowest BCUT2D eigenvalue weighted by atomic mass is 9.92. The van der Waals surface area contributed by atoms with Gasteiger partial charge in [-0.3, -0.25) is 4.90 Å². The lowest BCUT2D eigenvalue weighted by molar-refractivity contribution is -0.148. The Bertz CT molecular complexity index is 528. The second-order valence-electron chi connectivity index (χ2n) is 5.12. The maximum atomic E-state index is 12.2. The molecule has 112 valence electrons. The highest BCUT2D eigenvalue weighted by Crippen LogP contribution is 2.34. The van der Waals surface area contributed by atoms with Crippen molar-refractivity contribution in [3.8, 4) is 0 Å². The number of carbonyl (C=O) groups is 2. The van der Waals surface area contributed by atoms with Crippen LogP contribution >= 0.6 is 0 Å². The second-order valence-corrected chi connectivity index (χ2v) is 5.12. The first-order valence-electron chi connectivity index (χ1n) is 6.93. The number of nitrogens with zero attached hydrogens (tertiary/aromatic N) is 1. The Labute approximate surface area is 123 Å². The first kappa shape index (κ1) is 15.1. The van der Waals surface area contributed by atoms with Crippen molar-refractivity contribution in [1.29, 1.82) is 0 Å². The maximum absolute atomic E-state index is 12.2. The average molecular weight is 289 g/mol. The Morgan fingerprint density at radius 1 is 1.38 bits per heavy atom. The van der Waals surface area contributed by atoms with Crippen LogP contribution in [0.5, 0.6) is 0 Å². The summed E-state index contributed by atoms with van der Waals surface area (Å²) < 4.78 is 5.25. The van der Waals surface area contributed by atoms with Crippen LogP contribution in [-0.4, -0.2) is 34.2 Å². The van der Waals surface area contributed by atoms with Gasteiger partial charge in [0.2, 0.25) is 0 Å². The molecule has 21 heavy (non-hydrogen) atoms. The molecule has 5 nitrogen and oxygen atoms in total. The van der Waals surface area contributed by atoms with Crippen LogP contribution < -0.4 is 0 Å². The molecule has 1 aromatic carbocycles. The van der Waals surface area contributed by atoms with E-state index in [4.69, 9.17) is 4.74 Å². The number of amides is 1. The molecule has 1 amide bonds. The third-order valence-electron chi connectivity index (χ3n) is 3.79. The molecule has 5 heteroatoms. The normalized spacial score (nSPS) is 21.0. The maximum Gasteiger partial charge on any atom is 0.411 e. The summed E-state index contributed by atoms with van der Waals surface area (Å²) in [6.45, 7) is 4.13. The number of benzene rings is 1. The van der Waals surface area contributed by atoms with Gasteiger partial charge < -0.3 is 9.84 Å². The zero-order valence-corrected chi connectivity index (χ0v) is 11.8. The van der Waals surface area contributed by atoms with Gasteiger partial charge in [0.15, 0.2) is 0 Å². The summed E-state index contributed by atoms with van der Waals surface area (Å²) in [5, 5.41) is 9.50. The number of hydrogen-bond acceptors (Lipinski definition) is 3. The molecule has 0 aromatic heterocycles. The summed E-state index contributed by atoms with van der Waals surface area (Å²) >= 11 is 0. The smallest absolute Gasteiger partial charge is 0.411 e. The molecule has 0 spiro atoms. The molecule has 0 saturated carbocycles. The van der Waals surface area contributed by atoms with Gasteiger partial charge >= 0.3 is 12.1 Å². The van der Waals surface area contributed by atoms with E-state index in [0.29, 0.717) is 19.4 Å². The van der Waals surface area contributed by atoms with Gasteiger partial charge in [-0.1, -0.05) is 36.4 Å². The molecule has 1 heterocycles. The van der Waals surface area contributed by atoms with Crippen LogP contribution in [0.2, 0.25) is 0 Å². The van der Waals surface area contributed by atoms with Crippen molar-refractivity contribution in [2.24, 2.45) is 0 Å². The Hall–Kier alpha value is -2.30. The molecule has 1 aromatic rings. The highest BCUT2D eigenvalue weighted by molar-refractivity contribution is 5.85. The summed E-state index contributed by atoms with van der Waals surface area (Å²) in [7, 11) is 0. The van der Waals surface area contributed by atoms with Gasteiger partial charge in [0.1, 0.15) is 12.1 Å². The van der Waals surface area contributed by atoms with Gasteiger partial charge in [-0.25, -0.2) is 9.59 Å². The number of carbonyl (C=O) groups excluding carboxylic acids is 1. The van der Waals surface area contributed by atoms with Crippen LogP contribution in [-0.2, 0) is 16.1 Å². The predicted octanol–water partition coefficient (Wildman–Crippen LogP) is 2.82. The Balaban J connectivity index is 2.06. The van der Waals surface area contributed by atoms with E-state index in [1.54, 1.807) is 0 Å². The zero-order chi connectivity index (χ0) is 15.3. The van der Waals surface area contributed by atoms with Gasteiger partial charge in [0.05, 0.1) is 0 Å². The van der Waals surface area contributed by atoms with E-state index in [-0.39, 0.29) is 13.0 Å². The van der Waals surface area contributed by atoms with E-state index >= 15 is 0 Å². The summed E-state index contributed by atoms with van der Waals surface area (Å²) in [4.78, 5) is 25.1. The molecule has 2 rings (SSSR count). The SMILES string of the molecule is C=CC[C@@]1(C(=O)O)CCCN1C(=O)OCc1ccccc1. The number of hydrogen-bond donors (Lipinski definition) is 1. The summed E-state index contributed by atoms with van der Waals surface area (Å²) in [5.74, 6) is -1.00. The topological polar surface area (TPSA) is 66.8 Å². The standard InChI is InChI=1S/C16H19NO4/c1-2-9-16(14(18)19)10-6-11-17(16)15(20)21-12-13-7-4-3-5-8-13/h2-5,7-8H,1,6,9-12H2,(H,18,19)/t16-/m0/s1. The van der Waals surface area contributed by atoms with Crippen molar-refractivity contribution >= 4 is 12.1 Å². The van der Waals surface area contributed by atoms with Gasteiger partial charge in [-0.05, 0) is 24.8 Å². The monoisotopic (exact) mass is 289 g/mol. The van der Waals surface area contributed by atoms with Crippen molar-refractivity contribution in [3.05, 3.63) is 48.6 Å². The van der Waals surface area contributed by atoms with E-state index in [1.165, 1.54) is 11.0 Å². The number of rotatable bonds is 5. The molecule has 1 N–H and O–H groups in total. The molecule has 0 aliphatic carbocycles. The highest BCUT2D eigenvalue weighted by Gasteiger charge is 2.49. The van der Waals surface area contributed by atoms with Crippen molar-refractivity contribution < 1.29 is 19.4 Å². The molecular formula is C16H19NO4. The van der Waals surface area contributed by atoms with E-state index in [1.807, 2.05) is 30.3 Å². The quantitative estimate of drug-likeness (QED) is 0.846. The second kappa shape index (κ2) is 6.43. The van der Waals surface area contributed by atoms with Crippen molar-refractivity contribution in [2.75, 3.05) is 6.54 Å². The van der Waals surface area contributed by atoms with Crippen molar-refractivity contribution in [3.63, 3.8) is 0 Å².